The van der Waals surface area contributed by atoms with Gasteiger partial charge in [0, 0.05) is 23.7 Å². The standard InChI is InChI=1S/C32H37N3O3S2/c1-19-13-15-23(38-7)18-25(19)35-30(37)27-24-16-14-21(32(3,4)5)17-26(24)40-28(27)33-31(35)39-20(2)29(36)34(6)22-11-9-8-10-12-22/h8-13,15,18,20-21H,14,16-17H2,1-7H3/t20-,21-/m1/s1. The predicted octanol–water partition coefficient (Wildman–Crippen LogP) is 7.06. The van der Waals surface area contributed by atoms with E-state index in [1.807, 2.05) is 62.4 Å². The summed E-state index contributed by atoms with van der Waals surface area (Å²) < 4.78 is 7.21. The van der Waals surface area contributed by atoms with Crippen LogP contribution in [0.4, 0.5) is 5.69 Å². The number of ether oxygens (including phenoxy) is 1. The fraction of sp³-hybridized carbons (Fsp3) is 0.406. The number of aromatic nitrogens is 2. The number of thioether (sulfide) groups is 1. The van der Waals surface area contributed by atoms with Gasteiger partial charge in [-0.05, 0) is 73.8 Å². The van der Waals surface area contributed by atoms with E-state index in [1.54, 1.807) is 35.0 Å². The van der Waals surface area contributed by atoms with E-state index in [1.165, 1.54) is 16.6 Å². The van der Waals surface area contributed by atoms with Crippen molar-refractivity contribution in [3.8, 4) is 11.4 Å². The number of benzene rings is 2. The van der Waals surface area contributed by atoms with Crippen LogP contribution in [0.2, 0.25) is 0 Å². The Morgan fingerprint density at radius 2 is 1.93 bits per heavy atom. The molecular weight excluding hydrogens is 539 g/mol. The Balaban J connectivity index is 1.63. The fourth-order valence-electron chi connectivity index (χ4n) is 5.45. The maximum Gasteiger partial charge on any atom is 0.267 e. The highest BCUT2D eigenvalue weighted by Crippen LogP contribution is 2.43. The summed E-state index contributed by atoms with van der Waals surface area (Å²) in [5, 5.41) is 0.771. The molecule has 0 unspecified atom stereocenters. The third-order valence-electron chi connectivity index (χ3n) is 8.04. The van der Waals surface area contributed by atoms with Crippen LogP contribution in [0.5, 0.6) is 5.75 Å². The number of anilines is 1. The first-order valence-corrected chi connectivity index (χ1v) is 15.4. The number of para-hydroxylation sites is 1. The summed E-state index contributed by atoms with van der Waals surface area (Å²) in [6.45, 7) is 10.7. The quantitative estimate of drug-likeness (QED) is 0.182. The molecule has 0 radical (unpaired) electrons. The lowest BCUT2D eigenvalue weighted by molar-refractivity contribution is -0.117. The summed E-state index contributed by atoms with van der Waals surface area (Å²) in [4.78, 5) is 36.7. The van der Waals surface area contributed by atoms with Gasteiger partial charge in [0.25, 0.3) is 5.56 Å². The summed E-state index contributed by atoms with van der Waals surface area (Å²) in [5.41, 5.74) is 3.76. The van der Waals surface area contributed by atoms with E-state index in [-0.39, 0.29) is 16.9 Å². The lowest BCUT2D eigenvalue weighted by Crippen LogP contribution is -2.34. The molecule has 4 aromatic rings. The zero-order chi connectivity index (χ0) is 28.8. The van der Waals surface area contributed by atoms with Crippen molar-refractivity contribution < 1.29 is 9.53 Å². The average Bonchev–Trinajstić information content (AvgIpc) is 3.31. The van der Waals surface area contributed by atoms with Crippen molar-refractivity contribution >= 4 is 44.9 Å². The summed E-state index contributed by atoms with van der Waals surface area (Å²) in [6, 6.07) is 15.3. The topological polar surface area (TPSA) is 64.4 Å². The molecule has 0 bridgehead atoms. The Morgan fingerprint density at radius 3 is 2.60 bits per heavy atom. The minimum atomic E-state index is -0.466. The van der Waals surface area contributed by atoms with Crippen molar-refractivity contribution in [2.45, 2.75) is 64.3 Å². The van der Waals surface area contributed by atoms with Gasteiger partial charge in [0.05, 0.1) is 23.4 Å². The number of carbonyl (C=O) groups excluding carboxylic acids is 1. The lowest BCUT2D eigenvalue weighted by Gasteiger charge is -2.33. The highest BCUT2D eigenvalue weighted by molar-refractivity contribution is 8.00. The number of fused-ring (bicyclic) bond motifs is 3. The SMILES string of the molecule is COc1ccc(C)c(-n2c(S[C@H](C)C(=O)N(C)c3ccccc3)nc3sc4c(c3c2=O)CC[C@@H](C(C)(C)C)C4)c1. The molecule has 1 aliphatic carbocycles. The van der Waals surface area contributed by atoms with Gasteiger partial charge >= 0.3 is 0 Å². The zero-order valence-electron chi connectivity index (χ0n) is 24.3. The van der Waals surface area contributed by atoms with Gasteiger partial charge in [-0.15, -0.1) is 11.3 Å². The largest absolute Gasteiger partial charge is 0.497 e. The molecule has 5 rings (SSSR count). The Bertz CT molecular complexity index is 1620. The second-order valence-electron chi connectivity index (χ2n) is 11.7. The highest BCUT2D eigenvalue weighted by Gasteiger charge is 2.33. The molecule has 1 amide bonds. The Morgan fingerprint density at radius 1 is 1.20 bits per heavy atom. The number of rotatable bonds is 6. The van der Waals surface area contributed by atoms with Gasteiger partial charge in [0.2, 0.25) is 5.91 Å². The number of thiophene rings is 1. The van der Waals surface area contributed by atoms with Crippen LogP contribution in [-0.4, -0.2) is 34.9 Å². The monoisotopic (exact) mass is 575 g/mol. The van der Waals surface area contributed by atoms with E-state index < -0.39 is 5.25 Å². The maximum atomic E-state index is 14.4. The number of hydrogen-bond acceptors (Lipinski definition) is 6. The molecule has 0 fully saturated rings. The van der Waals surface area contributed by atoms with Crippen LogP contribution in [-0.2, 0) is 17.6 Å². The van der Waals surface area contributed by atoms with Gasteiger partial charge in [-0.25, -0.2) is 4.98 Å². The van der Waals surface area contributed by atoms with Gasteiger partial charge in [-0.3, -0.25) is 14.2 Å². The first-order valence-electron chi connectivity index (χ1n) is 13.7. The van der Waals surface area contributed by atoms with Crippen LogP contribution in [0.15, 0.2) is 58.5 Å². The number of amides is 1. The molecule has 210 valence electrons. The normalized spacial score (nSPS) is 16.0. The zero-order valence-corrected chi connectivity index (χ0v) is 25.9. The Labute approximate surface area is 244 Å². The summed E-state index contributed by atoms with van der Waals surface area (Å²) in [7, 11) is 3.40. The van der Waals surface area contributed by atoms with Gasteiger partial charge in [-0.2, -0.15) is 0 Å². The van der Waals surface area contributed by atoms with Crippen LogP contribution >= 0.6 is 23.1 Å². The van der Waals surface area contributed by atoms with E-state index in [0.717, 1.165) is 52.0 Å². The van der Waals surface area contributed by atoms with Crippen molar-refractivity contribution in [1.82, 2.24) is 9.55 Å². The average molecular weight is 576 g/mol. The summed E-state index contributed by atoms with van der Waals surface area (Å²) in [5.74, 6) is 1.17. The number of carbonyl (C=O) groups is 1. The second kappa shape index (κ2) is 11.1. The molecule has 0 spiro atoms. The fourth-order valence-corrected chi connectivity index (χ4v) is 7.81. The third-order valence-corrected chi connectivity index (χ3v) is 10.2. The second-order valence-corrected chi connectivity index (χ2v) is 14.1. The molecule has 2 aromatic carbocycles. The smallest absolute Gasteiger partial charge is 0.267 e. The molecule has 0 aliphatic heterocycles. The molecule has 2 atom stereocenters. The van der Waals surface area contributed by atoms with E-state index in [9.17, 15) is 9.59 Å². The van der Waals surface area contributed by atoms with Crippen LogP contribution in [0.25, 0.3) is 15.9 Å². The van der Waals surface area contributed by atoms with Gasteiger partial charge in [-0.1, -0.05) is 56.8 Å². The molecule has 0 N–H and O–H groups in total. The molecule has 2 aromatic heterocycles. The minimum absolute atomic E-state index is 0.0575. The van der Waals surface area contributed by atoms with Gasteiger partial charge < -0.3 is 9.64 Å². The van der Waals surface area contributed by atoms with Crippen LogP contribution in [0.1, 0.15) is 50.1 Å². The van der Waals surface area contributed by atoms with Crippen molar-refractivity contribution in [2.24, 2.45) is 11.3 Å². The number of nitrogens with zero attached hydrogens (tertiary/aromatic N) is 3. The van der Waals surface area contributed by atoms with Crippen molar-refractivity contribution in [3.05, 3.63) is 74.9 Å². The molecular formula is C32H37N3O3S2. The van der Waals surface area contributed by atoms with Gasteiger partial charge in [0.15, 0.2) is 5.16 Å². The maximum absolute atomic E-state index is 14.4. The van der Waals surface area contributed by atoms with E-state index in [0.29, 0.717) is 16.8 Å². The summed E-state index contributed by atoms with van der Waals surface area (Å²) in [6.07, 6.45) is 2.92. The van der Waals surface area contributed by atoms with E-state index in [2.05, 4.69) is 20.8 Å². The van der Waals surface area contributed by atoms with E-state index >= 15 is 0 Å². The van der Waals surface area contributed by atoms with Crippen LogP contribution in [0, 0.1) is 18.3 Å². The summed E-state index contributed by atoms with van der Waals surface area (Å²) >= 11 is 2.97. The molecule has 0 saturated heterocycles. The van der Waals surface area contributed by atoms with Crippen LogP contribution < -0.4 is 15.2 Å². The van der Waals surface area contributed by atoms with E-state index in [4.69, 9.17) is 9.72 Å². The number of methoxy groups -OCH3 is 1. The Kier molecular flexibility index (Phi) is 7.86. The highest BCUT2D eigenvalue weighted by atomic mass is 32.2. The Hall–Kier alpha value is -3.10. The predicted molar refractivity (Wildman–Crippen MR) is 167 cm³/mol. The first-order chi connectivity index (χ1) is 19.0. The lowest BCUT2D eigenvalue weighted by atomic mass is 9.72. The van der Waals surface area contributed by atoms with Crippen molar-refractivity contribution in [3.63, 3.8) is 0 Å². The number of hydrogen-bond donors (Lipinski definition) is 0. The molecule has 40 heavy (non-hydrogen) atoms. The van der Waals surface area contributed by atoms with Crippen molar-refractivity contribution in [1.29, 1.82) is 0 Å². The molecule has 6 nitrogen and oxygen atoms in total. The third kappa shape index (κ3) is 5.31. The first kappa shape index (κ1) is 28.4. The van der Waals surface area contributed by atoms with Gasteiger partial charge in [0.1, 0.15) is 10.6 Å². The molecule has 8 heteroatoms. The van der Waals surface area contributed by atoms with Crippen molar-refractivity contribution in [2.75, 3.05) is 19.1 Å². The molecule has 0 saturated carbocycles. The minimum Gasteiger partial charge on any atom is -0.497 e. The number of aryl methyl sites for hydroxylation is 2. The van der Waals surface area contributed by atoms with Crippen LogP contribution in [0.3, 0.4) is 0 Å². The molecule has 2 heterocycles. The molecule has 1 aliphatic rings.